The number of hydrogen-bond donors (Lipinski definition) is 1. The summed E-state index contributed by atoms with van der Waals surface area (Å²) in [5.74, 6) is 0. The number of nitrogens with zero attached hydrogens (tertiary/aromatic N) is 1. The highest BCUT2D eigenvalue weighted by Gasteiger charge is 2.05. The SMILES string of the molecule is Cc1ccc(CNCc2ccc(Cl)c3cccnc23)cc1. The molecule has 1 heterocycles. The zero-order valence-electron chi connectivity index (χ0n) is 11.9. The highest BCUT2D eigenvalue weighted by Crippen LogP contribution is 2.24. The summed E-state index contributed by atoms with van der Waals surface area (Å²) in [5.41, 5.74) is 4.71. The van der Waals surface area contributed by atoms with E-state index >= 15 is 0 Å². The third kappa shape index (κ3) is 3.23. The highest BCUT2D eigenvalue weighted by atomic mass is 35.5. The molecule has 106 valence electrons. The first kappa shape index (κ1) is 14.1. The van der Waals surface area contributed by atoms with Crippen molar-refractivity contribution in [1.29, 1.82) is 0 Å². The summed E-state index contributed by atoms with van der Waals surface area (Å²) in [6, 6.07) is 16.5. The Kier molecular flexibility index (Phi) is 4.18. The van der Waals surface area contributed by atoms with Gasteiger partial charge in [-0.3, -0.25) is 4.98 Å². The Morgan fingerprint density at radius 3 is 2.62 bits per heavy atom. The number of rotatable bonds is 4. The van der Waals surface area contributed by atoms with Crippen LogP contribution in [0.15, 0.2) is 54.7 Å². The van der Waals surface area contributed by atoms with E-state index in [9.17, 15) is 0 Å². The quantitative estimate of drug-likeness (QED) is 0.767. The Morgan fingerprint density at radius 2 is 1.81 bits per heavy atom. The number of aryl methyl sites for hydroxylation is 1. The largest absolute Gasteiger partial charge is 0.309 e. The number of pyridine rings is 1. The summed E-state index contributed by atoms with van der Waals surface area (Å²) in [6.07, 6.45) is 1.81. The zero-order valence-corrected chi connectivity index (χ0v) is 12.7. The third-order valence-corrected chi connectivity index (χ3v) is 3.89. The maximum atomic E-state index is 6.21. The van der Waals surface area contributed by atoms with Crippen LogP contribution in [0.25, 0.3) is 10.9 Å². The average Bonchev–Trinajstić information content (AvgIpc) is 2.52. The molecule has 21 heavy (non-hydrogen) atoms. The van der Waals surface area contributed by atoms with Crippen molar-refractivity contribution in [2.45, 2.75) is 20.0 Å². The van der Waals surface area contributed by atoms with Gasteiger partial charge in [-0.05, 0) is 36.2 Å². The van der Waals surface area contributed by atoms with Gasteiger partial charge in [0.15, 0.2) is 0 Å². The van der Waals surface area contributed by atoms with Gasteiger partial charge in [0.25, 0.3) is 0 Å². The molecule has 2 nitrogen and oxygen atoms in total. The monoisotopic (exact) mass is 296 g/mol. The lowest BCUT2D eigenvalue weighted by Crippen LogP contribution is -2.13. The van der Waals surface area contributed by atoms with Crippen LogP contribution in [0.3, 0.4) is 0 Å². The topological polar surface area (TPSA) is 24.9 Å². The van der Waals surface area contributed by atoms with Crippen molar-refractivity contribution in [3.8, 4) is 0 Å². The zero-order chi connectivity index (χ0) is 14.7. The van der Waals surface area contributed by atoms with Crippen molar-refractivity contribution in [2.24, 2.45) is 0 Å². The smallest absolute Gasteiger partial charge is 0.0761 e. The molecule has 0 unspecified atom stereocenters. The number of nitrogens with one attached hydrogen (secondary N) is 1. The Bertz CT molecular complexity index is 751. The average molecular weight is 297 g/mol. The minimum atomic E-state index is 0.750. The van der Waals surface area contributed by atoms with Gasteiger partial charge in [0, 0.05) is 29.7 Å². The molecular weight excluding hydrogens is 280 g/mol. The second-order valence-electron chi connectivity index (χ2n) is 5.20. The lowest BCUT2D eigenvalue weighted by Gasteiger charge is -2.09. The molecule has 0 fully saturated rings. The van der Waals surface area contributed by atoms with Gasteiger partial charge >= 0.3 is 0 Å². The summed E-state index contributed by atoms with van der Waals surface area (Å²) in [4.78, 5) is 4.45. The Balaban J connectivity index is 1.74. The van der Waals surface area contributed by atoms with Crippen LogP contribution in [0, 0.1) is 6.92 Å². The Labute approximate surface area is 129 Å². The van der Waals surface area contributed by atoms with Gasteiger partial charge in [-0.25, -0.2) is 0 Å². The van der Waals surface area contributed by atoms with Gasteiger partial charge in [0.1, 0.15) is 0 Å². The lowest BCUT2D eigenvalue weighted by atomic mass is 10.1. The fourth-order valence-corrected chi connectivity index (χ4v) is 2.60. The molecular formula is C18H17ClN2. The molecule has 2 aromatic carbocycles. The van der Waals surface area contributed by atoms with Crippen LogP contribution in [0.5, 0.6) is 0 Å². The molecule has 0 aliphatic carbocycles. The lowest BCUT2D eigenvalue weighted by molar-refractivity contribution is 0.695. The van der Waals surface area contributed by atoms with E-state index in [0.29, 0.717) is 0 Å². The molecule has 0 spiro atoms. The number of aromatic nitrogens is 1. The number of hydrogen-bond acceptors (Lipinski definition) is 2. The number of benzene rings is 2. The van der Waals surface area contributed by atoms with Crippen LogP contribution < -0.4 is 5.32 Å². The van der Waals surface area contributed by atoms with Gasteiger partial charge in [0.2, 0.25) is 0 Å². The molecule has 3 aromatic rings. The summed E-state index contributed by atoms with van der Waals surface area (Å²) < 4.78 is 0. The van der Waals surface area contributed by atoms with Crippen molar-refractivity contribution in [1.82, 2.24) is 10.3 Å². The van der Waals surface area contributed by atoms with E-state index in [1.807, 2.05) is 30.5 Å². The molecule has 0 saturated heterocycles. The normalized spacial score (nSPS) is 11.0. The summed E-state index contributed by atoms with van der Waals surface area (Å²) >= 11 is 6.21. The van der Waals surface area contributed by atoms with E-state index in [2.05, 4.69) is 41.5 Å². The van der Waals surface area contributed by atoms with Gasteiger partial charge in [0.05, 0.1) is 5.52 Å². The maximum Gasteiger partial charge on any atom is 0.0761 e. The fraction of sp³-hybridized carbons (Fsp3) is 0.167. The Hall–Kier alpha value is -1.90. The van der Waals surface area contributed by atoms with Crippen molar-refractivity contribution >= 4 is 22.5 Å². The molecule has 0 radical (unpaired) electrons. The van der Waals surface area contributed by atoms with Crippen LogP contribution in [0.4, 0.5) is 0 Å². The second-order valence-corrected chi connectivity index (χ2v) is 5.60. The first-order chi connectivity index (χ1) is 10.2. The molecule has 1 N–H and O–H groups in total. The second kappa shape index (κ2) is 6.25. The van der Waals surface area contributed by atoms with Crippen molar-refractivity contribution in [3.63, 3.8) is 0 Å². The van der Waals surface area contributed by atoms with E-state index in [1.165, 1.54) is 16.7 Å². The minimum absolute atomic E-state index is 0.750. The third-order valence-electron chi connectivity index (χ3n) is 3.57. The molecule has 0 saturated carbocycles. The van der Waals surface area contributed by atoms with Crippen LogP contribution in [0.2, 0.25) is 5.02 Å². The molecule has 0 aliphatic heterocycles. The predicted octanol–water partition coefficient (Wildman–Crippen LogP) is 4.49. The predicted molar refractivity (Wildman–Crippen MR) is 88.5 cm³/mol. The minimum Gasteiger partial charge on any atom is -0.309 e. The van der Waals surface area contributed by atoms with Crippen LogP contribution in [-0.2, 0) is 13.1 Å². The molecule has 0 bridgehead atoms. The van der Waals surface area contributed by atoms with E-state index in [4.69, 9.17) is 11.6 Å². The van der Waals surface area contributed by atoms with E-state index in [-0.39, 0.29) is 0 Å². The summed E-state index contributed by atoms with van der Waals surface area (Å²) in [7, 11) is 0. The maximum absolute atomic E-state index is 6.21. The van der Waals surface area contributed by atoms with Crippen LogP contribution in [-0.4, -0.2) is 4.98 Å². The molecule has 3 rings (SSSR count). The van der Waals surface area contributed by atoms with Crippen molar-refractivity contribution in [3.05, 3.63) is 76.4 Å². The van der Waals surface area contributed by atoms with Gasteiger partial charge in [-0.2, -0.15) is 0 Å². The van der Waals surface area contributed by atoms with Crippen LogP contribution in [0.1, 0.15) is 16.7 Å². The summed E-state index contributed by atoms with van der Waals surface area (Å²) in [6.45, 7) is 3.72. The number of fused-ring (bicyclic) bond motifs is 1. The molecule has 0 amide bonds. The van der Waals surface area contributed by atoms with Crippen molar-refractivity contribution < 1.29 is 0 Å². The first-order valence-corrected chi connectivity index (χ1v) is 7.40. The van der Waals surface area contributed by atoms with Crippen molar-refractivity contribution in [2.75, 3.05) is 0 Å². The van der Waals surface area contributed by atoms with E-state index < -0.39 is 0 Å². The highest BCUT2D eigenvalue weighted by molar-refractivity contribution is 6.35. The standard InChI is InChI=1S/C18H17ClN2/c1-13-4-6-14(7-5-13)11-20-12-15-8-9-17(19)16-3-2-10-21-18(15)16/h2-10,20H,11-12H2,1H3. The van der Waals surface area contributed by atoms with Gasteiger partial charge in [-0.1, -0.05) is 47.5 Å². The Morgan fingerprint density at radius 1 is 1.00 bits per heavy atom. The van der Waals surface area contributed by atoms with Crippen LogP contribution >= 0.6 is 11.6 Å². The molecule has 0 atom stereocenters. The summed E-state index contributed by atoms with van der Waals surface area (Å²) in [5, 5.41) is 5.22. The first-order valence-electron chi connectivity index (χ1n) is 7.02. The molecule has 1 aromatic heterocycles. The number of halogens is 1. The fourth-order valence-electron chi connectivity index (χ4n) is 2.39. The van der Waals surface area contributed by atoms with E-state index in [1.54, 1.807) is 0 Å². The van der Waals surface area contributed by atoms with Gasteiger partial charge in [-0.15, -0.1) is 0 Å². The molecule has 3 heteroatoms. The van der Waals surface area contributed by atoms with Gasteiger partial charge < -0.3 is 5.32 Å². The molecule has 0 aliphatic rings. The van der Waals surface area contributed by atoms with E-state index in [0.717, 1.165) is 29.0 Å².